The van der Waals surface area contributed by atoms with Gasteiger partial charge in [0.2, 0.25) is 0 Å². The molecule has 0 N–H and O–H groups in total. The first-order chi connectivity index (χ1) is 6.66. The van der Waals surface area contributed by atoms with Gasteiger partial charge in [-0.25, -0.2) is 0 Å². The van der Waals surface area contributed by atoms with Crippen molar-refractivity contribution in [2.45, 2.75) is 19.3 Å². The number of carbonyl (C=O) groups excluding carboxylic acids is 2. The van der Waals surface area contributed by atoms with Gasteiger partial charge in [0.05, 0.1) is 0 Å². The third-order valence-corrected chi connectivity index (χ3v) is 2.62. The molecule has 72 valence electrons. The number of fused-ring (bicyclic) bond motifs is 1. The van der Waals surface area contributed by atoms with Gasteiger partial charge in [-0.05, 0) is 23.8 Å². The third kappa shape index (κ3) is 1.70. The SMILES string of the molecule is O=C1CCC(=O)c2ccc(Cl)cc2C1. The number of rotatable bonds is 0. The van der Waals surface area contributed by atoms with Crippen molar-refractivity contribution in [2.24, 2.45) is 0 Å². The molecule has 1 aromatic rings. The zero-order valence-corrected chi connectivity index (χ0v) is 8.30. The van der Waals surface area contributed by atoms with Crippen molar-refractivity contribution in [3.8, 4) is 0 Å². The fourth-order valence-corrected chi connectivity index (χ4v) is 1.86. The second-order valence-electron chi connectivity index (χ2n) is 3.44. The van der Waals surface area contributed by atoms with Crippen LogP contribution in [0.25, 0.3) is 0 Å². The molecular weight excluding hydrogens is 200 g/mol. The highest BCUT2D eigenvalue weighted by Crippen LogP contribution is 2.22. The molecule has 0 radical (unpaired) electrons. The predicted octanol–water partition coefficient (Wildman–Crippen LogP) is 2.43. The van der Waals surface area contributed by atoms with Crippen molar-refractivity contribution < 1.29 is 9.59 Å². The standard InChI is InChI=1S/C11H9ClO2/c12-8-1-3-10-7(5-8)6-9(13)2-4-11(10)14/h1,3,5H,2,4,6H2. The van der Waals surface area contributed by atoms with Gasteiger partial charge in [0.15, 0.2) is 5.78 Å². The van der Waals surface area contributed by atoms with Crippen LogP contribution < -0.4 is 0 Å². The first-order valence-corrected chi connectivity index (χ1v) is 4.88. The minimum Gasteiger partial charge on any atom is -0.299 e. The van der Waals surface area contributed by atoms with Gasteiger partial charge in [-0.1, -0.05) is 11.6 Å². The molecule has 0 saturated carbocycles. The lowest BCUT2D eigenvalue weighted by atomic mass is 10.0. The Morgan fingerprint density at radius 3 is 2.71 bits per heavy atom. The van der Waals surface area contributed by atoms with Crippen LogP contribution >= 0.6 is 11.6 Å². The van der Waals surface area contributed by atoms with Crippen LogP contribution in [0.1, 0.15) is 28.8 Å². The smallest absolute Gasteiger partial charge is 0.163 e. The molecule has 0 atom stereocenters. The maximum absolute atomic E-state index is 11.6. The van der Waals surface area contributed by atoms with Gasteiger partial charge < -0.3 is 0 Å². The molecule has 1 aromatic carbocycles. The summed E-state index contributed by atoms with van der Waals surface area (Å²) in [6.07, 6.45) is 1.01. The molecule has 0 spiro atoms. The van der Waals surface area contributed by atoms with Crippen LogP contribution in [-0.4, -0.2) is 11.6 Å². The van der Waals surface area contributed by atoms with Crippen LogP contribution in [0.3, 0.4) is 0 Å². The molecule has 0 aromatic heterocycles. The van der Waals surface area contributed by atoms with E-state index in [1.54, 1.807) is 18.2 Å². The van der Waals surface area contributed by atoms with E-state index in [-0.39, 0.29) is 11.6 Å². The van der Waals surface area contributed by atoms with Crippen molar-refractivity contribution in [3.05, 3.63) is 34.3 Å². The zero-order chi connectivity index (χ0) is 10.1. The average molecular weight is 209 g/mol. The minimum atomic E-state index is 0.0440. The van der Waals surface area contributed by atoms with Crippen LogP contribution in [0.5, 0.6) is 0 Å². The molecule has 0 heterocycles. The molecule has 0 bridgehead atoms. The molecule has 0 amide bonds. The molecule has 3 heteroatoms. The summed E-state index contributed by atoms with van der Waals surface area (Å²) < 4.78 is 0. The first-order valence-electron chi connectivity index (χ1n) is 4.50. The van der Waals surface area contributed by atoms with Gasteiger partial charge in [-0.15, -0.1) is 0 Å². The van der Waals surface area contributed by atoms with Gasteiger partial charge in [0, 0.05) is 29.8 Å². The summed E-state index contributed by atoms with van der Waals surface area (Å²) in [7, 11) is 0. The highest BCUT2D eigenvalue weighted by Gasteiger charge is 2.19. The van der Waals surface area contributed by atoms with Gasteiger partial charge in [-0.3, -0.25) is 9.59 Å². The lowest BCUT2D eigenvalue weighted by Crippen LogP contribution is -2.00. The molecule has 1 aliphatic carbocycles. The fraction of sp³-hybridized carbons (Fsp3) is 0.273. The predicted molar refractivity (Wildman–Crippen MR) is 53.7 cm³/mol. The Hall–Kier alpha value is -1.15. The Labute approximate surface area is 86.9 Å². The Balaban J connectivity index is 2.52. The number of carbonyl (C=O) groups is 2. The van der Waals surface area contributed by atoms with Crippen molar-refractivity contribution in [1.82, 2.24) is 0 Å². The normalized spacial score (nSPS) is 16.4. The van der Waals surface area contributed by atoms with E-state index in [1.165, 1.54) is 0 Å². The van der Waals surface area contributed by atoms with E-state index in [2.05, 4.69) is 0 Å². The maximum atomic E-state index is 11.6. The highest BCUT2D eigenvalue weighted by atomic mass is 35.5. The summed E-state index contributed by atoms with van der Waals surface area (Å²) in [6, 6.07) is 5.10. The van der Waals surface area contributed by atoms with E-state index < -0.39 is 0 Å². The van der Waals surface area contributed by atoms with Crippen molar-refractivity contribution in [2.75, 3.05) is 0 Å². The monoisotopic (exact) mass is 208 g/mol. The number of hydrogen-bond acceptors (Lipinski definition) is 2. The molecule has 2 nitrogen and oxygen atoms in total. The van der Waals surface area contributed by atoms with Gasteiger partial charge in [0.1, 0.15) is 5.78 Å². The van der Waals surface area contributed by atoms with Crippen LogP contribution in [0.15, 0.2) is 18.2 Å². The quantitative estimate of drug-likeness (QED) is 0.614. The lowest BCUT2D eigenvalue weighted by Gasteiger charge is -2.03. The second kappa shape index (κ2) is 3.54. The van der Waals surface area contributed by atoms with E-state index in [1.807, 2.05) is 0 Å². The van der Waals surface area contributed by atoms with Gasteiger partial charge in [-0.2, -0.15) is 0 Å². The van der Waals surface area contributed by atoms with Gasteiger partial charge >= 0.3 is 0 Å². The van der Waals surface area contributed by atoms with Crippen molar-refractivity contribution in [1.29, 1.82) is 0 Å². The highest BCUT2D eigenvalue weighted by molar-refractivity contribution is 6.30. The Morgan fingerprint density at radius 1 is 1.14 bits per heavy atom. The number of ketones is 2. The number of halogens is 1. The van der Waals surface area contributed by atoms with E-state index in [4.69, 9.17) is 11.6 Å². The molecule has 0 unspecified atom stereocenters. The Kier molecular flexibility index (Phi) is 2.38. The molecule has 0 saturated heterocycles. The van der Waals surface area contributed by atoms with E-state index >= 15 is 0 Å². The Morgan fingerprint density at radius 2 is 1.93 bits per heavy atom. The van der Waals surface area contributed by atoms with E-state index in [9.17, 15) is 9.59 Å². The summed E-state index contributed by atoms with van der Waals surface area (Å²) in [5.41, 5.74) is 1.42. The van der Waals surface area contributed by atoms with Crippen LogP contribution in [0.4, 0.5) is 0 Å². The summed E-state index contributed by atoms with van der Waals surface area (Å²) in [5.74, 6) is 0.155. The van der Waals surface area contributed by atoms with Crippen LogP contribution in [0, 0.1) is 0 Å². The summed E-state index contributed by atoms with van der Waals surface area (Å²) >= 11 is 5.80. The summed E-state index contributed by atoms with van der Waals surface area (Å²) in [6.45, 7) is 0. The maximum Gasteiger partial charge on any atom is 0.163 e. The third-order valence-electron chi connectivity index (χ3n) is 2.39. The fourth-order valence-electron chi connectivity index (χ4n) is 1.67. The van der Waals surface area contributed by atoms with Gasteiger partial charge in [0.25, 0.3) is 0 Å². The topological polar surface area (TPSA) is 34.1 Å². The molecule has 0 fully saturated rings. The Bertz CT molecular complexity index is 410. The van der Waals surface area contributed by atoms with E-state index in [0.717, 1.165) is 5.56 Å². The zero-order valence-electron chi connectivity index (χ0n) is 7.55. The van der Waals surface area contributed by atoms with Crippen LogP contribution in [-0.2, 0) is 11.2 Å². The molecular formula is C11H9ClO2. The minimum absolute atomic E-state index is 0.0440. The number of benzene rings is 1. The average Bonchev–Trinajstić information content (AvgIpc) is 2.26. The first kappa shape index (κ1) is 9.41. The summed E-state index contributed by atoms with van der Waals surface area (Å²) in [4.78, 5) is 22.9. The summed E-state index contributed by atoms with van der Waals surface area (Å²) in [5, 5.41) is 0.575. The molecule has 1 aliphatic rings. The largest absolute Gasteiger partial charge is 0.299 e. The molecule has 2 rings (SSSR count). The molecule has 14 heavy (non-hydrogen) atoms. The van der Waals surface area contributed by atoms with Crippen molar-refractivity contribution >= 4 is 23.2 Å². The number of Topliss-reactive ketones (excluding diaryl/α,β-unsaturated/α-hetero) is 2. The lowest BCUT2D eigenvalue weighted by molar-refractivity contribution is -0.118. The van der Waals surface area contributed by atoms with E-state index in [0.29, 0.717) is 29.8 Å². The number of hydrogen-bond donors (Lipinski definition) is 0. The molecule has 0 aliphatic heterocycles. The van der Waals surface area contributed by atoms with Crippen LogP contribution in [0.2, 0.25) is 5.02 Å². The second-order valence-corrected chi connectivity index (χ2v) is 3.88. The van der Waals surface area contributed by atoms with Crippen molar-refractivity contribution in [3.63, 3.8) is 0 Å².